The fourth-order valence-electron chi connectivity index (χ4n) is 1.74. The van der Waals surface area contributed by atoms with Gasteiger partial charge in [0.05, 0.1) is 19.8 Å². The topological polar surface area (TPSA) is 75.2 Å². The van der Waals surface area contributed by atoms with E-state index in [1.807, 2.05) is 11.9 Å². The zero-order chi connectivity index (χ0) is 15.5. The monoisotopic (exact) mass is 300 g/mol. The van der Waals surface area contributed by atoms with E-state index in [0.717, 1.165) is 19.1 Å². The summed E-state index contributed by atoms with van der Waals surface area (Å²) in [6.45, 7) is 3.51. The lowest BCUT2D eigenvalue weighted by atomic mass is 10.5. The van der Waals surface area contributed by atoms with Crippen LogP contribution < -0.4 is 10.6 Å². The van der Waals surface area contributed by atoms with Gasteiger partial charge in [-0.2, -0.15) is 0 Å². The van der Waals surface area contributed by atoms with Gasteiger partial charge in [0, 0.05) is 40.9 Å². The van der Waals surface area contributed by atoms with Crippen LogP contribution in [-0.4, -0.2) is 77.4 Å². The normalized spacial score (nSPS) is 14.9. The van der Waals surface area contributed by atoms with Crippen molar-refractivity contribution in [2.75, 3.05) is 60.7 Å². The molecule has 21 heavy (non-hydrogen) atoms. The van der Waals surface area contributed by atoms with Crippen LogP contribution in [-0.2, 0) is 14.3 Å². The molecule has 0 aromatic rings. The SMILES string of the molecule is CN=C(NCC(=O)NCCOC)N(C)CCOCC1CC1. The van der Waals surface area contributed by atoms with E-state index < -0.39 is 0 Å². The van der Waals surface area contributed by atoms with Crippen molar-refractivity contribution in [1.82, 2.24) is 15.5 Å². The lowest BCUT2D eigenvalue weighted by Gasteiger charge is -2.21. The summed E-state index contributed by atoms with van der Waals surface area (Å²) >= 11 is 0. The third kappa shape index (κ3) is 8.52. The molecule has 0 saturated heterocycles. The number of nitrogens with one attached hydrogen (secondary N) is 2. The maximum absolute atomic E-state index is 11.6. The van der Waals surface area contributed by atoms with Crippen LogP contribution in [0.2, 0.25) is 0 Å². The quantitative estimate of drug-likeness (QED) is 0.329. The number of hydrogen-bond donors (Lipinski definition) is 2. The number of methoxy groups -OCH3 is 1. The van der Waals surface area contributed by atoms with Crippen LogP contribution in [0.1, 0.15) is 12.8 Å². The van der Waals surface area contributed by atoms with Crippen molar-refractivity contribution in [1.29, 1.82) is 0 Å². The number of carbonyl (C=O) groups excluding carboxylic acids is 1. The molecule has 1 aliphatic carbocycles. The second-order valence-corrected chi connectivity index (χ2v) is 5.18. The molecular weight excluding hydrogens is 272 g/mol. The molecular formula is C14H28N4O3. The van der Waals surface area contributed by atoms with Gasteiger partial charge in [-0.05, 0) is 18.8 Å². The Morgan fingerprint density at radius 1 is 1.33 bits per heavy atom. The Morgan fingerprint density at radius 3 is 2.71 bits per heavy atom. The molecule has 1 rings (SSSR count). The molecule has 1 aliphatic rings. The zero-order valence-corrected chi connectivity index (χ0v) is 13.4. The lowest BCUT2D eigenvalue weighted by Crippen LogP contribution is -2.45. The summed E-state index contributed by atoms with van der Waals surface area (Å²) in [5.74, 6) is 1.39. The highest BCUT2D eigenvalue weighted by Gasteiger charge is 2.21. The van der Waals surface area contributed by atoms with E-state index in [1.165, 1.54) is 12.8 Å². The largest absolute Gasteiger partial charge is 0.383 e. The maximum Gasteiger partial charge on any atom is 0.239 e. The minimum Gasteiger partial charge on any atom is -0.383 e. The van der Waals surface area contributed by atoms with Crippen LogP contribution in [0.25, 0.3) is 0 Å². The van der Waals surface area contributed by atoms with Gasteiger partial charge in [-0.1, -0.05) is 0 Å². The van der Waals surface area contributed by atoms with Gasteiger partial charge >= 0.3 is 0 Å². The lowest BCUT2D eigenvalue weighted by molar-refractivity contribution is -0.120. The molecule has 0 atom stereocenters. The first-order valence-corrected chi connectivity index (χ1v) is 7.42. The van der Waals surface area contributed by atoms with Gasteiger partial charge in [0.25, 0.3) is 0 Å². The fraction of sp³-hybridized carbons (Fsp3) is 0.857. The number of rotatable bonds is 10. The van der Waals surface area contributed by atoms with E-state index in [4.69, 9.17) is 9.47 Å². The molecule has 1 saturated carbocycles. The Balaban J connectivity index is 2.11. The number of likely N-dealkylation sites (N-methyl/N-ethyl adjacent to an activating group) is 1. The van der Waals surface area contributed by atoms with Crippen molar-refractivity contribution in [2.45, 2.75) is 12.8 Å². The molecule has 0 aromatic carbocycles. The average Bonchev–Trinajstić information content (AvgIpc) is 3.28. The minimum atomic E-state index is -0.0772. The summed E-state index contributed by atoms with van der Waals surface area (Å²) in [6, 6.07) is 0. The Hall–Kier alpha value is -1.34. The van der Waals surface area contributed by atoms with Crippen LogP contribution in [0.15, 0.2) is 4.99 Å². The van der Waals surface area contributed by atoms with Gasteiger partial charge in [-0.15, -0.1) is 0 Å². The predicted octanol–water partition coefficient (Wildman–Crippen LogP) is -0.317. The van der Waals surface area contributed by atoms with Crippen LogP contribution in [0.5, 0.6) is 0 Å². The van der Waals surface area contributed by atoms with Gasteiger partial charge in [0.1, 0.15) is 0 Å². The molecule has 0 heterocycles. The van der Waals surface area contributed by atoms with Gasteiger partial charge in [-0.3, -0.25) is 9.79 Å². The first-order chi connectivity index (χ1) is 10.2. The molecule has 7 heteroatoms. The summed E-state index contributed by atoms with van der Waals surface area (Å²) in [4.78, 5) is 17.7. The number of aliphatic imine (C=N–C) groups is 1. The predicted molar refractivity (Wildman–Crippen MR) is 82.4 cm³/mol. The van der Waals surface area contributed by atoms with E-state index in [1.54, 1.807) is 14.2 Å². The molecule has 1 amide bonds. The Bertz CT molecular complexity index is 332. The number of ether oxygens (including phenoxy) is 2. The molecule has 1 fully saturated rings. The summed E-state index contributed by atoms with van der Waals surface area (Å²) < 4.78 is 10.5. The molecule has 0 aliphatic heterocycles. The first kappa shape index (κ1) is 17.7. The Labute approximate surface area is 127 Å². The Kier molecular flexibility index (Phi) is 8.77. The number of hydrogen-bond acceptors (Lipinski definition) is 4. The van der Waals surface area contributed by atoms with Crippen LogP contribution in [0.3, 0.4) is 0 Å². The second-order valence-electron chi connectivity index (χ2n) is 5.18. The van der Waals surface area contributed by atoms with E-state index in [2.05, 4.69) is 15.6 Å². The molecule has 0 spiro atoms. The summed E-state index contributed by atoms with van der Waals surface area (Å²) in [5, 5.41) is 5.77. The minimum absolute atomic E-state index is 0.0772. The van der Waals surface area contributed by atoms with E-state index in [9.17, 15) is 4.79 Å². The number of guanidine groups is 1. The van der Waals surface area contributed by atoms with Crippen LogP contribution in [0.4, 0.5) is 0 Å². The standard InChI is InChI=1S/C14H28N4O3/c1-15-14(17-10-13(19)16-6-8-20-3)18(2)7-9-21-11-12-4-5-12/h12H,4-11H2,1-3H3,(H,15,17)(H,16,19). The molecule has 0 unspecified atom stereocenters. The molecule has 122 valence electrons. The number of nitrogens with zero attached hydrogens (tertiary/aromatic N) is 2. The third-order valence-corrected chi connectivity index (χ3v) is 3.23. The van der Waals surface area contributed by atoms with Crippen molar-refractivity contribution in [3.05, 3.63) is 0 Å². The zero-order valence-electron chi connectivity index (χ0n) is 13.4. The van der Waals surface area contributed by atoms with E-state index >= 15 is 0 Å². The number of carbonyl (C=O) groups is 1. The van der Waals surface area contributed by atoms with Crippen LogP contribution in [0, 0.1) is 5.92 Å². The van der Waals surface area contributed by atoms with Gasteiger partial charge in [-0.25, -0.2) is 0 Å². The third-order valence-electron chi connectivity index (χ3n) is 3.23. The highest BCUT2D eigenvalue weighted by atomic mass is 16.5. The van der Waals surface area contributed by atoms with Gasteiger partial charge in [0.2, 0.25) is 5.91 Å². The van der Waals surface area contributed by atoms with Crippen molar-refractivity contribution in [3.8, 4) is 0 Å². The van der Waals surface area contributed by atoms with Gasteiger partial charge in [0.15, 0.2) is 5.96 Å². The molecule has 0 bridgehead atoms. The average molecular weight is 300 g/mol. The molecule has 0 radical (unpaired) electrons. The summed E-state index contributed by atoms with van der Waals surface area (Å²) in [7, 11) is 5.23. The maximum atomic E-state index is 11.6. The molecule has 2 N–H and O–H groups in total. The number of amides is 1. The first-order valence-electron chi connectivity index (χ1n) is 7.42. The van der Waals surface area contributed by atoms with Crippen molar-refractivity contribution in [2.24, 2.45) is 10.9 Å². The second kappa shape index (κ2) is 10.4. The summed E-state index contributed by atoms with van der Waals surface area (Å²) in [5.41, 5.74) is 0. The molecule has 7 nitrogen and oxygen atoms in total. The van der Waals surface area contributed by atoms with E-state index in [-0.39, 0.29) is 12.5 Å². The van der Waals surface area contributed by atoms with Crippen molar-refractivity contribution >= 4 is 11.9 Å². The van der Waals surface area contributed by atoms with Gasteiger partial charge < -0.3 is 25.0 Å². The van der Waals surface area contributed by atoms with Crippen molar-refractivity contribution < 1.29 is 14.3 Å². The summed E-state index contributed by atoms with van der Waals surface area (Å²) in [6.07, 6.45) is 2.61. The van der Waals surface area contributed by atoms with Crippen molar-refractivity contribution in [3.63, 3.8) is 0 Å². The van der Waals surface area contributed by atoms with E-state index in [0.29, 0.717) is 25.7 Å². The highest BCUT2D eigenvalue weighted by molar-refractivity contribution is 5.86. The smallest absolute Gasteiger partial charge is 0.239 e. The van der Waals surface area contributed by atoms with Crippen LogP contribution >= 0.6 is 0 Å². The fourth-order valence-corrected chi connectivity index (χ4v) is 1.74. The Morgan fingerprint density at radius 2 is 2.10 bits per heavy atom. The molecule has 0 aromatic heterocycles. The highest BCUT2D eigenvalue weighted by Crippen LogP contribution is 2.28.